The quantitative estimate of drug-likeness (QED) is 0.0127. The van der Waals surface area contributed by atoms with Gasteiger partial charge in [0.2, 0.25) is 35.4 Å². The maximum atomic E-state index is 14.5. The number of fused-ring (bicyclic) bond motifs is 2. The zero-order valence-electron chi connectivity index (χ0n) is 47.3. The van der Waals surface area contributed by atoms with E-state index < -0.39 is 106 Å². The zero-order chi connectivity index (χ0) is 63.6. The third kappa shape index (κ3) is 16.4. The number of likely N-dealkylation sites (tertiary alicyclic amines) is 1. The van der Waals surface area contributed by atoms with Crippen LogP contribution in [0.3, 0.4) is 0 Å². The number of ether oxygens (including phenoxy) is 3. The van der Waals surface area contributed by atoms with Crippen LogP contribution in [0.15, 0.2) is 102 Å². The van der Waals surface area contributed by atoms with Gasteiger partial charge in [-0.3, -0.25) is 38.7 Å². The van der Waals surface area contributed by atoms with Crippen LogP contribution in [-0.4, -0.2) is 148 Å². The maximum absolute atomic E-state index is 14.5. The Bertz CT molecular complexity index is 3850. The van der Waals surface area contributed by atoms with Crippen molar-refractivity contribution in [3.8, 4) is 34.2 Å². The number of halogens is 4. The van der Waals surface area contributed by atoms with Crippen LogP contribution in [0.2, 0.25) is 0 Å². The van der Waals surface area contributed by atoms with Crippen molar-refractivity contribution in [2.45, 2.75) is 93.4 Å². The van der Waals surface area contributed by atoms with Crippen molar-refractivity contribution in [2.24, 2.45) is 5.92 Å². The molecule has 89 heavy (non-hydrogen) atoms. The number of rotatable bonds is 25. The molecule has 468 valence electrons. The number of alkyl halides is 2. The van der Waals surface area contributed by atoms with Crippen LogP contribution >= 0.6 is 21.6 Å². The van der Waals surface area contributed by atoms with Gasteiger partial charge in [0.1, 0.15) is 40.9 Å². The predicted octanol–water partition coefficient (Wildman–Crippen LogP) is 5.91. The standard InChI is InChI=1S/C59H58F4N10O13S3/c1-84-55-47(71-89(82,83)50-8-6-40(60)22-45(50)61)20-38(28-68-55)34-5-7-46-43(18-34)42(11-13-66-46)39-17-33(25-65-26-39)12-14-85-58(81)86-15-16-87-88-31-49(57(79)80)69-52(75)10-9-51(74)67-27-35-3-2-4-36-29-72(30-44(35)36)53(76)21-37-19-48(70-54(37)77)56(78)73-32-59(62,63)23-41(73)24-64/h2-8,11,13,17-18,20,22,25-26,28,37,41,48-49,57,71,79-80H,9-10,12,14-16,19,21,23,27,29-32H2,1H3,(H,67,74)(H,69,75)(H,70,77)/t37?,41-,48?,49?/m0/s1. The van der Waals surface area contributed by atoms with Gasteiger partial charge < -0.3 is 50.2 Å². The van der Waals surface area contributed by atoms with Gasteiger partial charge in [-0.1, -0.05) is 45.9 Å². The lowest BCUT2D eigenvalue weighted by Gasteiger charge is -2.22. The molecule has 30 heteroatoms. The van der Waals surface area contributed by atoms with Crippen molar-refractivity contribution >= 4 is 83.9 Å². The van der Waals surface area contributed by atoms with Gasteiger partial charge in [0.25, 0.3) is 15.9 Å². The Balaban J connectivity index is 0.663. The summed E-state index contributed by atoms with van der Waals surface area (Å²) in [5.74, 6) is -8.89. The molecule has 23 nitrogen and oxygen atoms in total. The van der Waals surface area contributed by atoms with Gasteiger partial charge in [-0.15, -0.1) is 0 Å². The van der Waals surface area contributed by atoms with Crippen molar-refractivity contribution in [3.05, 3.63) is 131 Å². The number of nitrogens with one attached hydrogen (secondary N) is 4. The van der Waals surface area contributed by atoms with E-state index in [1.54, 1.807) is 55.0 Å². The summed E-state index contributed by atoms with van der Waals surface area (Å²) in [6.45, 7) is -0.548. The Hall–Kier alpha value is -8.63. The van der Waals surface area contributed by atoms with E-state index >= 15 is 0 Å². The average molecular weight is 1290 g/mol. The second kappa shape index (κ2) is 28.7. The first-order valence-electron chi connectivity index (χ1n) is 27.7. The van der Waals surface area contributed by atoms with Crippen LogP contribution in [0.4, 0.5) is 28.0 Å². The van der Waals surface area contributed by atoms with E-state index in [1.807, 2.05) is 18.2 Å². The number of carbonyl (C=O) groups is 6. The molecule has 0 radical (unpaired) electrons. The number of pyridine rings is 3. The number of nitrogens with zero attached hydrogens (tertiary/aromatic N) is 6. The third-order valence-electron chi connectivity index (χ3n) is 14.8. The number of aliphatic hydroxyl groups excluding tert-OH is 1. The fraction of sp³-hybridized carbons (Fsp3) is 0.356. The Morgan fingerprint density at radius 2 is 1.72 bits per heavy atom. The van der Waals surface area contributed by atoms with Gasteiger partial charge in [-0.2, -0.15) is 5.26 Å². The molecule has 6 heterocycles. The molecule has 0 aliphatic carbocycles. The summed E-state index contributed by atoms with van der Waals surface area (Å²) in [6.07, 6.45) is 2.21. The summed E-state index contributed by atoms with van der Waals surface area (Å²) in [6, 6.07) is 16.1. The largest absolute Gasteiger partial charge is 0.508 e. The van der Waals surface area contributed by atoms with Crippen LogP contribution < -0.4 is 25.4 Å². The lowest BCUT2D eigenvalue weighted by atomic mass is 9.98. The van der Waals surface area contributed by atoms with Crippen molar-refractivity contribution in [1.29, 1.82) is 5.26 Å². The highest BCUT2D eigenvalue weighted by Crippen LogP contribution is 2.37. The number of amides is 5. The van der Waals surface area contributed by atoms with Crippen molar-refractivity contribution in [1.82, 2.24) is 40.7 Å². The summed E-state index contributed by atoms with van der Waals surface area (Å²) in [5.41, 5.74) is 6.14. The van der Waals surface area contributed by atoms with E-state index in [2.05, 4.69) is 35.6 Å². The molecule has 0 saturated carbocycles. The summed E-state index contributed by atoms with van der Waals surface area (Å²) in [5, 5.41) is 37.7. The van der Waals surface area contributed by atoms with Crippen LogP contribution in [0.25, 0.3) is 33.2 Å². The minimum atomic E-state index is -4.54. The molecule has 3 aliphatic rings. The van der Waals surface area contributed by atoms with Crippen LogP contribution in [0.1, 0.15) is 54.4 Å². The molecule has 4 atom stereocenters. The third-order valence-corrected chi connectivity index (χ3v) is 18.6. The number of carbonyl (C=O) groups excluding carboxylic acids is 6. The van der Waals surface area contributed by atoms with E-state index in [0.29, 0.717) is 39.2 Å². The van der Waals surface area contributed by atoms with Gasteiger partial charge in [-0.05, 0) is 82.3 Å². The fourth-order valence-corrected chi connectivity index (χ4v) is 13.5. The number of benzene rings is 3. The molecule has 6 N–H and O–H groups in total. The van der Waals surface area contributed by atoms with E-state index in [-0.39, 0.29) is 93.9 Å². The monoisotopic (exact) mass is 1290 g/mol. The summed E-state index contributed by atoms with van der Waals surface area (Å²) in [4.78, 5) is 92.1. The molecule has 2 saturated heterocycles. The lowest BCUT2D eigenvalue weighted by molar-refractivity contribution is -0.135. The first kappa shape index (κ1) is 64.8. The number of nitriles is 1. The molecule has 2 fully saturated rings. The van der Waals surface area contributed by atoms with E-state index in [0.717, 1.165) is 39.3 Å². The molecule has 0 spiro atoms. The van der Waals surface area contributed by atoms with Gasteiger partial charge in [0, 0.05) is 117 Å². The number of hydrogen-bond donors (Lipinski definition) is 6. The van der Waals surface area contributed by atoms with E-state index in [9.17, 15) is 70.2 Å². The fourth-order valence-electron chi connectivity index (χ4n) is 10.3. The maximum Gasteiger partial charge on any atom is 0.508 e. The normalized spacial score (nSPS) is 17.2. The molecule has 3 aromatic carbocycles. The second-order valence-corrected chi connectivity index (χ2v) is 25.3. The van der Waals surface area contributed by atoms with Crippen LogP contribution in [-0.2, 0) is 69.5 Å². The Labute approximate surface area is 514 Å². The van der Waals surface area contributed by atoms with Crippen molar-refractivity contribution in [3.63, 3.8) is 0 Å². The minimum Gasteiger partial charge on any atom is -0.480 e. The van der Waals surface area contributed by atoms with Gasteiger partial charge >= 0.3 is 6.16 Å². The molecule has 3 unspecified atom stereocenters. The van der Waals surface area contributed by atoms with Crippen molar-refractivity contribution in [2.75, 3.05) is 43.1 Å². The van der Waals surface area contributed by atoms with E-state index in [4.69, 9.17) is 14.2 Å². The topological polar surface area (TPSA) is 322 Å². The van der Waals surface area contributed by atoms with Gasteiger partial charge in [0.05, 0.1) is 37.9 Å². The first-order chi connectivity index (χ1) is 42.6. The average Bonchev–Trinajstić information content (AvgIpc) is 1.72. The van der Waals surface area contributed by atoms with E-state index in [1.165, 1.54) is 45.9 Å². The highest BCUT2D eigenvalue weighted by atomic mass is 33.1. The smallest absolute Gasteiger partial charge is 0.480 e. The zero-order valence-corrected chi connectivity index (χ0v) is 49.8. The number of aliphatic hydroxyl groups is 2. The highest BCUT2D eigenvalue weighted by molar-refractivity contribution is 8.76. The summed E-state index contributed by atoms with van der Waals surface area (Å²) in [7, 11) is -0.828. The Morgan fingerprint density at radius 1 is 0.921 bits per heavy atom. The Morgan fingerprint density at radius 3 is 2.49 bits per heavy atom. The Kier molecular flexibility index (Phi) is 20.9. The number of methoxy groups -OCH3 is 1. The number of sulfonamides is 1. The minimum absolute atomic E-state index is 0.0443. The molecular formula is C59H58F4N10O13S3. The second-order valence-electron chi connectivity index (χ2n) is 21.0. The van der Waals surface area contributed by atoms with Gasteiger partial charge in [0.15, 0.2) is 6.29 Å². The molecule has 5 amide bonds. The summed E-state index contributed by atoms with van der Waals surface area (Å²) < 4.78 is 100. The van der Waals surface area contributed by atoms with Gasteiger partial charge in [-0.25, -0.2) is 35.8 Å². The summed E-state index contributed by atoms with van der Waals surface area (Å²) >= 11 is 0. The molecular weight excluding hydrogens is 1230 g/mol. The number of anilines is 1. The molecule has 0 bridgehead atoms. The molecule has 6 aromatic rings. The molecule has 3 aromatic heterocycles. The van der Waals surface area contributed by atoms with Crippen LogP contribution in [0, 0.1) is 28.9 Å². The van der Waals surface area contributed by atoms with Crippen LogP contribution in [0.5, 0.6) is 5.88 Å². The SMILES string of the molecule is COc1ncc(-c2ccc3nccc(-c4cncc(CCOC(=O)OCCSSCC(NC(=O)CCC(=O)NCc5cccc6c5CN(C(=O)CC5CC(C(=O)N7CC(F)(F)C[C@H]7C#N)NC5=O)C6)C(O)O)c4)c3c2)cc1NS(=O)(=O)c1ccc(F)cc1F. The number of hydrogen-bond acceptors (Lipinski definition) is 19. The van der Waals surface area contributed by atoms with Crippen molar-refractivity contribution < 1.29 is 79.2 Å². The highest BCUT2D eigenvalue weighted by Gasteiger charge is 2.50. The molecule has 9 rings (SSSR count). The number of aromatic nitrogens is 3. The lowest BCUT2D eigenvalue weighted by Crippen LogP contribution is -2.46. The predicted molar refractivity (Wildman–Crippen MR) is 315 cm³/mol. The molecule has 3 aliphatic heterocycles. The first-order valence-corrected chi connectivity index (χ1v) is 31.6.